The molecule has 1 N–H and O–H groups in total. The second kappa shape index (κ2) is 7.23. The molecule has 2 heterocycles. The fraction of sp³-hybridized carbons (Fsp3) is 0.286. The molecule has 1 fully saturated rings. The van der Waals surface area contributed by atoms with Gasteiger partial charge in [0.2, 0.25) is 0 Å². The van der Waals surface area contributed by atoms with Crippen molar-refractivity contribution in [3.8, 4) is 0 Å². The summed E-state index contributed by atoms with van der Waals surface area (Å²) in [5.74, 6) is 0.159. The Kier molecular flexibility index (Phi) is 4.62. The number of hydrogen-bond acceptors (Lipinski definition) is 5. The number of nitrogens with zero attached hydrogens (tertiary/aromatic N) is 1. The van der Waals surface area contributed by atoms with Crippen LogP contribution in [0.25, 0.3) is 10.9 Å². The van der Waals surface area contributed by atoms with Crippen molar-refractivity contribution >= 4 is 22.8 Å². The number of ether oxygens (including phenoxy) is 1. The standard InChI is InChI=1S/C21H20N2O4/c1-13(19-7-4-10-26-19)22-20(24)12-27-21(25)16-11-18(14-8-9-14)23-17-6-3-2-5-15(16)17/h2-7,10-11,13-14H,8-9,12H2,1H3,(H,22,24)/t13-/m1/s1. The highest BCUT2D eigenvalue weighted by atomic mass is 16.5. The van der Waals surface area contributed by atoms with Crippen LogP contribution >= 0.6 is 0 Å². The second-order valence-corrected chi connectivity index (χ2v) is 6.77. The van der Waals surface area contributed by atoms with Gasteiger partial charge in [-0.15, -0.1) is 0 Å². The largest absolute Gasteiger partial charge is 0.467 e. The lowest BCUT2D eigenvalue weighted by atomic mass is 10.1. The summed E-state index contributed by atoms with van der Waals surface area (Å²) in [4.78, 5) is 29.4. The number of para-hydroxylation sites is 1. The van der Waals surface area contributed by atoms with Crippen LogP contribution in [-0.2, 0) is 9.53 Å². The highest BCUT2D eigenvalue weighted by Gasteiger charge is 2.27. The topological polar surface area (TPSA) is 81.4 Å². The van der Waals surface area contributed by atoms with Crippen molar-refractivity contribution in [2.24, 2.45) is 0 Å². The molecule has 1 aliphatic carbocycles. The molecule has 1 amide bonds. The van der Waals surface area contributed by atoms with E-state index in [9.17, 15) is 9.59 Å². The lowest BCUT2D eigenvalue weighted by Gasteiger charge is -2.12. The van der Waals surface area contributed by atoms with Crippen molar-refractivity contribution < 1.29 is 18.7 Å². The van der Waals surface area contributed by atoms with Gasteiger partial charge in [-0.1, -0.05) is 18.2 Å². The van der Waals surface area contributed by atoms with E-state index in [-0.39, 0.29) is 18.6 Å². The minimum atomic E-state index is -0.517. The Morgan fingerprint density at radius 2 is 2.07 bits per heavy atom. The summed E-state index contributed by atoms with van der Waals surface area (Å²) >= 11 is 0. The van der Waals surface area contributed by atoms with Crippen LogP contribution in [0.1, 0.15) is 53.5 Å². The Morgan fingerprint density at radius 3 is 2.81 bits per heavy atom. The van der Waals surface area contributed by atoms with Crippen molar-refractivity contribution in [1.29, 1.82) is 0 Å². The van der Waals surface area contributed by atoms with Crippen molar-refractivity contribution in [3.63, 3.8) is 0 Å². The molecule has 0 bridgehead atoms. The number of furan rings is 1. The summed E-state index contributed by atoms with van der Waals surface area (Å²) in [5, 5.41) is 3.48. The van der Waals surface area contributed by atoms with Gasteiger partial charge in [-0.2, -0.15) is 0 Å². The first-order chi connectivity index (χ1) is 13.1. The zero-order chi connectivity index (χ0) is 18.8. The van der Waals surface area contributed by atoms with Gasteiger partial charge in [0.05, 0.1) is 23.4 Å². The fourth-order valence-electron chi connectivity index (χ4n) is 3.05. The number of hydrogen-bond donors (Lipinski definition) is 1. The Balaban J connectivity index is 1.46. The van der Waals surface area contributed by atoms with E-state index in [1.807, 2.05) is 24.3 Å². The van der Waals surface area contributed by atoms with E-state index in [0.29, 0.717) is 17.2 Å². The van der Waals surface area contributed by atoms with Gasteiger partial charge in [-0.25, -0.2) is 4.79 Å². The summed E-state index contributed by atoms with van der Waals surface area (Å²) in [6, 6.07) is 12.5. The molecule has 0 saturated heterocycles. The lowest BCUT2D eigenvalue weighted by molar-refractivity contribution is -0.125. The Labute approximate surface area is 156 Å². The number of pyridine rings is 1. The third-order valence-electron chi connectivity index (χ3n) is 4.63. The van der Waals surface area contributed by atoms with Crippen LogP contribution in [0.2, 0.25) is 0 Å². The molecule has 0 radical (unpaired) electrons. The molecule has 1 saturated carbocycles. The van der Waals surface area contributed by atoms with Crippen LogP contribution in [0.5, 0.6) is 0 Å². The number of benzene rings is 1. The fourth-order valence-corrected chi connectivity index (χ4v) is 3.05. The summed E-state index contributed by atoms with van der Waals surface area (Å²) in [5.41, 5.74) is 2.13. The van der Waals surface area contributed by atoms with Crippen molar-refractivity contribution in [2.75, 3.05) is 6.61 Å². The molecule has 1 atom stereocenters. The first-order valence-electron chi connectivity index (χ1n) is 9.01. The maximum Gasteiger partial charge on any atom is 0.339 e. The van der Waals surface area contributed by atoms with Gasteiger partial charge in [0, 0.05) is 17.0 Å². The van der Waals surface area contributed by atoms with E-state index in [4.69, 9.17) is 9.15 Å². The molecule has 2 aromatic heterocycles. The number of carbonyl (C=O) groups excluding carboxylic acids is 2. The second-order valence-electron chi connectivity index (χ2n) is 6.77. The van der Waals surface area contributed by atoms with Crippen LogP contribution in [0.3, 0.4) is 0 Å². The van der Waals surface area contributed by atoms with Gasteiger partial charge in [-0.05, 0) is 44.0 Å². The van der Waals surface area contributed by atoms with E-state index in [1.54, 1.807) is 31.4 Å². The summed E-state index contributed by atoms with van der Waals surface area (Å²) in [6.07, 6.45) is 3.73. The Morgan fingerprint density at radius 1 is 1.26 bits per heavy atom. The number of aromatic nitrogens is 1. The normalized spacial score (nSPS) is 14.7. The van der Waals surface area contributed by atoms with E-state index < -0.39 is 5.97 Å². The highest BCUT2D eigenvalue weighted by Crippen LogP contribution is 2.40. The number of rotatable bonds is 6. The molecule has 0 spiro atoms. The predicted molar refractivity (Wildman–Crippen MR) is 99.3 cm³/mol. The monoisotopic (exact) mass is 364 g/mol. The molecule has 27 heavy (non-hydrogen) atoms. The van der Waals surface area contributed by atoms with Gasteiger partial charge >= 0.3 is 5.97 Å². The molecule has 3 aromatic rings. The molecular weight excluding hydrogens is 344 g/mol. The van der Waals surface area contributed by atoms with E-state index in [1.165, 1.54) is 0 Å². The average Bonchev–Trinajstić information content (AvgIpc) is 3.38. The van der Waals surface area contributed by atoms with Crippen LogP contribution < -0.4 is 5.32 Å². The zero-order valence-corrected chi connectivity index (χ0v) is 15.0. The SMILES string of the molecule is C[C@@H](NC(=O)COC(=O)c1cc(C2CC2)nc2ccccc12)c1ccco1. The summed E-state index contributed by atoms with van der Waals surface area (Å²) in [6.45, 7) is 1.45. The highest BCUT2D eigenvalue weighted by molar-refractivity contribution is 6.04. The maximum atomic E-state index is 12.6. The lowest BCUT2D eigenvalue weighted by Crippen LogP contribution is -2.31. The molecule has 6 nitrogen and oxygen atoms in total. The molecule has 138 valence electrons. The van der Waals surface area contributed by atoms with Crippen molar-refractivity contribution in [2.45, 2.75) is 31.7 Å². The van der Waals surface area contributed by atoms with Crippen LogP contribution in [-0.4, -0.2) is 23.5 Å². The van der Waals surface area contributed by atoms with Gasteiger partial charge in [0.1, 0.15) is 5.76 Å². The number of nitrogens with one attached hydrogen (secondary N) is 1. The zero-order valence-electron chi connectivity index (χ0n) is 15.0. The van der Waals surface area contributed by atoms with E-state index in [2.05, 4.69) is 10.3 Å². The number of esters is 1. The third-order valence-corrected chi connectivity index (χ3v) is 4.63. The van der Waals surface area contributed by atoms with Crippen LogP contribution in [0.4, 0.5) is 0 Å². The minimum Gasteiger partial charge on any atom is -0.467 e. The molecule has 6 heteroatoms. The first-order valence-corrected chi connectivity index (χ1v) is 9.01. The van der Waals surface area contributed by atoms with Gasteiger partial charge in [-0.3, -0.25) is 9.78 Å². The van der Waals surface area contributed by atoms with Crippen molar-refractivity contribution in [3.05, 3.63) is 65.7 Å². The predicted octanol–water partition coefficient (Wildman–Crippen LogP) is 3.74. The Bertz CT molecular complexity index is 977. The summed E-state index contributed by atoms with van der Waals surface area (Å²) in [7, 11) is 0. The summed E-state index contributed by atoms with van der Waals surface area (Å²) < 4.78 is 10.5. The molecule has 1 aliphatic rings. The number of fused-ring (bicyclic) bond motifs is 1. The van der Waals surface area contributed by atoms with Crippen LogP contribution in [0, 0.1) is 0 Å². The van der Waals surface area contributed by atoms with Gasteiger partial charge in [0.15, 0.2) is 6.61 Å². The molecule has 1 aromatic carbocycles. The van der Waals surface area contributed by atoms with Crippen LogP contribution in [0.15, 0.2) is 53.1 Å². The van der Waals surface area contributed by atoms with Gasteiger partial charge < -0.3 is 14.5 Å². The van der Waals surface area contributed by atoms with E-state index in [0.717, 1.165) is 29.4 Å². The molecular formula is C21H20N2O4. The first kappa shape index (κ1) is 17.3. The quantitative estimate of drug-likeness (QED) is 0.674. The molecule has 4 rings (SSSR count). The van der Waals surface area contributed by atoms with E-state index >= 15 is 0 Å². The van der Waals surface area contributed by atoms with Gasteiger partial charge in [0.25, 0.3) is 5.91 Å². The smallest absolute Gasteiger partial charge is 0.339 e. The third kappa shape index (κ3) is 3.84. The number of carbonyl (C=O) groups is 2. The molecule has 0 unspecified atom stereocenters. The number of amides is 1. The van der Waals surface area contributed by atoms with Crippen molar-refractivity contribution in [1.82, 2.24) is 10.3 Å². The average molecular weight is 364 g/mol. The minimum absolute atomic E-state index is 0.297. The Hall–Kier alpha value is -3.15. The molecule has 0 aliphatic heterocycles. The maximum absolute atomic E-state index is 12.6.